The van der Waals surface area contributed by atoms with Crippen LogP contribution in [0.15, 0.2) is 60.3 Å². The quantitative estimate of drug-likeness (QED) is 0.526. The summed E-state index contributed by atoms with van der Waals surface area (Å²) < 4.78 is 0. The second-order valence-corrected chi connectivity index (χ2v) is 5.70. The first-order valence-electron chi connectivity index (χ1n) is 7.83. The number of amides is 2. The van der Waals surface area contributed by atoms with Gasteiger partial charge in [0.2, 0.25) is 0 Å². The Bertz CT molecular complexity index is 743. The summed E-state index contributed by atoms with van der Waals surface area (Å²) in [6, 6.07) is 15.5. The highest BCUT2D eigenvalue weighted by atomic mass is 35.5. The first-order valence-corrected chi connectivity index (χ1v) is 8.20. The van der Waals surface area contributed by atoms with Gasteiger partial charge in [-0.25, -0.2) is 0 Å². The lowest BCUT2D eigenvalue weighted by Crippen LogP contribution is -2.35. The molecule has 0 spiro atoms. The predicted octanol–water partition coefficient (Wildman–Crippen LogP) is 2.61. The smallest absolute Gasteiger partial charge is 0.267 e. The van der Waals surface area contributed by atoms with Crippen molar-refractivity contribution in [2.75, 3.05) is 13.2 Å². The Hall–Kier alpha value is -2.63. The second-order valence-electron chi connectivity index (χ2n) is 5.26. The van der Waals surface area contributed by atoms with Gasteiger partial charge in [0.1, 0.15) is 5.70 Å². The average molecular weight is 359 g/mol. The average Bonchev–Trinajstić information content (AvgIpc) is 2.63. The van der Waals surface area contributed by atoms with Crippen molar-refractivity contribution in [3.05, 3.63) is 76.4 Å². The molecule has 5 nitrogen and oxygen atoms in total. The molecule has 0 unspecified atom stereocenters. The van der Waals surface area contributed by atoms with Crippen LogP contribution in [0.25, 0.3) is 6.08 Å². The number of halogens is 1. The Morgan fingerprint density at radius 1 is 1.04 bits per heavy atom. The van der Waals surface area contributed by atoms with Crippen molar-refractivity contribution in [3.8, 4) is 0 Å². The lowest BCUT2D eigenvalue weighted by molar-refractivity contribution is -0.117. The lowest BCUT2D eigenvalue weighted by Gasteiger charge is -2.11. The maximum atomic E-state index is 12.4. The summed E-state index contributed by atoms with van der Waals surface area (Å²) in [7, 11) is 0. The number of hydrogen-bond acceptors (Lipinski definition) is 3. The van der Waals surface area contributed by atoms with Crippen molar-refractivity contribution >= 4 is 29.5 Å². The number of carbonyl (C=O) groups excluding carboxylic acids is 2. The largest absolute Gasteiger partial charge is 0.396 e. The van der Waals surface area contributed by atoms with Crippen LogP contribution in [-0.4, -0.2) is 30.1 Å². The van der Waals surface area contributed by atoms with Gasteiger partial charge >= 0.3 is 0 Å². The molecule has 2 aromatic carbocycles. The van der Waals surface area contributed by atoms with Crippen molar-refractivity contribution in [2.45, 2.75) is 6.42 Å². The van der Waals surface area contributed by atoms with E-state index in [1.54, 1.807) is 54.6 Å². The van der Waals surface area contributed by atoms with Crippen molar-refractivity contribution in [3.63, 3.8) is 0 Å². The Balaban J connectivity index is 2.20. The van der Waals surface area contributed by atoms with E-state index in [-0.39, 0.29) is 18.2 Å². The standard InChI is InChI=1S/C19H19ClN2O3/c20-16-9-7-14(8-10-16)13-17(19(25)21-11-4-12-23)22-18(24)15-5-2-1-3-6-15/h1-3,5-10,13,23H,4,11-12H2,(H,21,25)(H,22,24). The van der Waals surface area contributed by atoms with E-state index in [1.807, 2.05) is 6.07 Å². The van der Waals surface area contributed by atoms with Crippen LogP contribution in [-0.2, 0) is 4.79 Å². The molecule has 0 aliphatic heterocycles. The normalized spacial score (nSPS) is 11.0. The first kappa shape index (κ1) is 18.7. The lowest BCUT2D eigenvalue weighted by atomic mass is 10.1. The van der Waals surface area contributed by atoms with Crippen LogP contribution in [0, 0.1) is 0 Å². The van der Waals surface area contributed by atoms with E-state index in [0.717, 1.165) is 5.56 Å². The second kappa shape index (κ2) is 9.61. The number of benzene rings is 2. The third-order valence-corrected chi connectivity index (χ3v) is 3.58. The van der Waals surface area contributed by atoms with E-state index in [4.69, 9.17) is 16.7 Å². The minimum absolute atomic E-state index is 0.0209. The van der Waals surface area contributed by atoms with Crippen LogP contribution in [0.2, 0.25) is 5.02 Å². The van der Waals surface area contributed by atoms with Gasteiger partial charge in [-0.2, -0.15) is 0 Å². The van der Waals surface area contributed by atoms with Gasteiger partial charge in [-0.15, -0.1) is 0 Å². The molecule has 130 valence electrons. The highest BCUT2D eigenvalue weighted by Gasteiger charge is 2.14. The Labute approximate surface area is 151 Å². The molecule has 2 amide bonds. The SMILES string of the molecule is O=C(NCCCO)C(=Cc1ccc(Cl)cc1)NC(=O)c1ccccc1. The molecule has 3 N–H and O–H groups in total. The minimum atomic E-state index is -0.423. The Morgan fingerprint density at radius 3 is 2.36 bits per heavy atom. The Kier molecular flexibility index (Phi) is 7.19. The van der Waals surface area contributed by atoms with Gasteiger partial charge < -0.3 is 15.7 Å². The van der Waals surface area contributed by atoms with Crippen LogP contribution >= 0.6 is 11.6 Å². The van der Waals surface area contributed by atoms with Crippen molar-refractivity contribution < 1.29 is 14.7 Å². The molecule has 0 heterocycles. The number of carbonyl (C=O) groups is 2. The van der Waals surface area contributed by atoms with Crippen LogP contribution in [0.1, 0.15) is 22.3 Å². The molecule has 0 fully saturated rings. The number of aliphatic hydroxyl groups excluding tert-OH is 1. The summed E-state index contributed by atoms with van der Waals surface area (Å²) in [5.41, 5.74) is 1.30. The summed E-state index contributed by atoms with van der Waals surface area (Å²) >= 11 is 5.87. The van der Waals surface area contributed by atoms with Crippen LogP contribution < -0.4 is 10.6 Å². The highest BCUT2D eigenvalue weighted by Crippen LogP contribution is 2.12. The topological polar surface area (TPSA) is 78.4 Å². The zero-order valence-electron chi connectivity index (χ0n) is 13.5. The van der Waals surface area contributed by atoms with E-state index in [9.17, 15) is 9.59 Å². The van der Waals surface area contributed by atoms with Crippen LogP contribution in [0.3, 0.4) is 0 Å². The summed E-state index contributed by atoms with van der Waals surface area (Å²) in [6.07, 6.45) is 2.01. The summed E-state index contributed by atoms with van der Waals surface area (Å²) in [6.45, 7) is 0.293. The molecule has 0 bridgehead atoms. The Morgan fingerprint density at radius 2 is 1.72 bits per heavy atom. The minimum Gasteiger partial charge on any atom is -0.396 e. The molecule has 2 rings (SSSR count). The third kappa shape index (κ3) is 6.06. The first-order chi connectivity index (χ1) is 12.1. The van der Waals surface area contributed by atoms with Gasteiger partial charge in [-0.05, 0) is 42.3 Å². The summed E-state index contributed by atoms with van der Waals surface area (Å²) in [5, 5.41) is 14.7. The van der Waals surface area contributed by atoms with Crippen molar-refractivity contribution in [2.24, 2.45) is 0 Å². The van der Waals surface area contributed by atoms with Crippen molar-refractivity contribution in [1.29, 1.82) is 0 Å². The predicted molar refractivity (Wildman–Crippen MR) is 98.0 cm³/mol. The zero-order valence-corrected chi connectivity index (χ0v) is 14.3. The van der Waals surface area contributed by atoms with E-state index in [0.29, 0.717) is 23.6 Å². The number of aliphatic hydroxyl groups is 1. The molecular weight excluding hydrogens is 340 g/mol. The van der Waals surface area contributed by atoms with Crippen LogP contribution in [0.4, 0.5) is 0 Å². The van der Waals surface area contributed by atoms with Gasteiger partial charge in [0, 0.05) is 23.7 Å². The molecule has 0 radical (unpaired) electrons. The third-order valence-electron chi connectivity index (χ3n) is 3.33. The van der Waals surface area contributed by atoms with Gasteiger partial charge in [0.05, 0.1) is 0 Å². The van der Waals surface area contributed by atoms with Gasteiger partial charge in [0.25, 0.3) is 11.8 Å². The number of rotatable bonds is 7. The number of nitrogens with one attached hydrogen (secondary N) is 2. The highest BCUT2D eigenvalue weighted by molar-refractivity contribution is 6.30. The fourth-order valence-electron chi connectivity index (χ4n) is 2.04. The van der Waals surface area contributed by atoms with Gasteiger partial charge in [-0.1, -0.05) is 41.9 Å². The molecule has 0 aromatic heterocycles. The van der Waals surface area contributed by atoms with E-state index in [1.165, 1.54) is 0 Å². The molecule has 25 heavy (non-hydrogen) atoms. The molecule has 0 saturated heterocycles. The zero-order chi connectivity index (χ0) is 18.1. The summed E-state index contributed by atoms with van der Waals surface area (Å²) in [4.78, 5) is 24.7. The van der Waals surface area contributed by atoms with E-state index < -0.39 is 5.91 Å². The summed E-state index contributed by atoms with van der Waals surface area (Å²) in [5.74, 6) is -0.800. The van der Waals surface area contributed by atoms with Gasteiger partial charge in [-0.3, -0.25) is 9.59 Å². The van der Waals surface area contributed by atoms with E-state index >= 15 is 0 Å². The van der Waals surface area contributed by atoms with Crippen molar-refractivity contribution in [1.82, 2.24) is 10.6 Å². The molecular formula is C19H19ClN2O3. The maximum absolute atomic E-state index is 12.4. The molecule has 0 atom stereocenters. The number of hydrogen-bond donors (Lipinski definition) is 3. The van der Waals surface area contributed by atoms with Crippen LogP contribution in [0.5, 0.6) is 0 Å². The van der Waals surface area contributed by atoms with Gasteiger partial charge in [0.15, 0.2) is 0 Å². The maximum Gasteiger partial charge on any atom is 0.267 e. The monoisotopic (exact) mass is 358 g/mol. The fraction of sp³-hybridized carbons (Fsp3) is 0.158. The fourth-order valence-corrected chi connectivity index (χ4v) is 2.17. The molecule has 0 saturated carbocycles. The molecule has 0 aliphatic carbocycles. The molecule has 0 aliphatic rings. The molecule has 2 aromatic rings. The van der Waals surface area contributed by atoms with E-state index in [2.05, 4.69) is 10.6 Å². The molecule has 6 heteroatoms.